The van der Waals surface area contributed by atoms with Crippen LogP contribution in [0.3, 0.4) is 0 Å². The van der Waals surface area contributed by atoms with Crippen molar-refractivity contribution in [2.75, 3.05) is 7.05 Å². The first-order valence-electron chi connectivity index (χ1n) is 8.42. The van der Waals surface area contributed by atoms with Crippen molar-refractivity contribution in [3.63, 3.8) is 0 Å². The third-order valence-corrected chi connectivity index (χ3v) is 4.16. The zero-order chi connectivity index (χ0) is 20.9. The number of oxazole rings is 1. The van der Waals surface area contributed by atoms with Crippen molar-refractivity contribution in [3.8, 4) is 5.75 Å². The van der Waals surface area contributed by atoms with E-state index >= 15 is 0 Å². The molecule has 0 fully saturated rings. The number of alkyl halides is 2. The van der Waals surface area contributed by atoms with Crippen molar-refractivity contribution in [2.24, 2.45) is 4.99 Å². The molecule has 0 aliphatic heterocycles. The predicted molar refractivity (Wildman–Crippen MR) is 105 cm³/mol. The molecule has 0 saturated carbocycles. The Morgan fingerprint density at radius 2 is 1.93 bits per heavy atom. The van der Waals surface area contributed by atoms with E-state index in [1.54, 1.807) is 13.2 Å². The SMILES string of the molecule is CN=C(NCc1ncc(C(C)(C)C)o1)NCc1cc(Cl)cc(Cl)c1OC(F)F. The minimum absolute atomic E-state index is 0.00189. The van der Waals surface area contributed by atoms with Crippen LogP contribution in [0.5, 0.6) is 5.75 Å². The highest BCUT2D eigenvalue weighted by molar-refractivity contribution is 6.35. The van der Waals surface area contributed by atoms with Crippen molar-refractivity contribution in [1.29, 1.82) is 0 Å². The lowest BCUT2D eigenvalue weighted by atomic mass is 9.94. The molecule has 1 heterocycles. The largest absolute Gasteiger partial charge is 0.443 e. The van der Waals surface area contributed by atoms with E-state index in [-0.39, 0.29) is 22.7 Å². The molecular formula is C18H22Cl2F2N4O2. The number of ether oxygens (including phenoxy) is 1. The molecule has 0 aliphatic rings. The van der Waals surface area contributed by atoms with Crippen LogP contribution in [0, 0.1) is 0 Å². The molecule has 0 bridgehead atoms. The number of hydrogen-bond donors (Lipinski definition) is 2. The first-order valence-corrected chi connectivity index (χ1v) is 9.18. The Labute approximate surface area is 172 Å². The summed E-state index contributed by atoms with van der Waals surface area (Å²) < 4.78 is 35.5. The second kappa shape index (κ2) is 9.43. The molecule has 10 heteroatoms. The minimum Gasteiger partial charge on any atom is -0.443 e. The minimum atomic E-state index is -3.00. The summed E-state index contributed by atoms with van der Waals surface area (Å²) >= 11 is 11.9. The van der Waals surface area contributed by atoms with Gasteiger partial charge in [0.25, 0.3) is 0 Å². The maximum Gasteiger partial charge on any atom is 0.387 e. The van der Waals surface area contributed by atoms with Crippen LogP contribution < -0.4 is 15.4 Å². The van der Waals surface area contributed by atoms with Gasteiger partial charge in [0.1, 0.15) is 11.5 Å². The van der Waals surface area contributed by atoms with E-state index in [1.165, 1.54) is 12.1 Å². The van der Waals surface area contributed by atoms with Crippen LogP contribution in [0.15, 0.2) is 27.7 Å². The fourth-order valence-electron chi connectivity index (χ4n) is 2.26. The third kappa shape index (κ3) is 6.24. The van der Waals surface area contributed by atoms with Crippen LogP contribution in [0.1, 0.15) is 38.0 Å². The van der Waals surface area contributed by atoms with E-state index < -0.39 is 6.61 Å². The number of aliphatic imine (C=N–C) groups is 1. The van der Waals surface area contributed by atoms with Gasteiger partial charge >= 0.3 is 6.61 Å². The van der Waals surface area contributed by atoms with E-state index in [9.17, 15) is 8.78 Å². The highest BCUT2D eigenvalue weighted by Crippen LogP contribution is 2.33. The van der Waals surface area contributed by atoms with Gasteiger partial charge in [0.2, 0.25) is 5.89 Å². The number of nitrogens with zero attached hydrogens (tertiary/aromatic N) is 2. The number of rotatable bonds is 6. The molecule has 6 nitrogen and oxygen atoms in total. The molecule has 2 rings (SSSR count). The average Bonchev–Trinajstić information content (AvgIpc) is 3.07. The Morgan fingerprint density at radius 3 is 2.50 bits per heavy atom. The highest BCUT2D eigenvalue weighted by Gasteiger charge is 2.19. The molecule has 154 valence electrons. The van der Waals surface area contributed by atoms with Gasteiger partial charge in [-0.3, -0.25) is 4.99 Å². The van der Waals surface area contributed by atoms with Gasteiger partial charge in [0, 0.05) is 29.6 Å². The number of nitrogens with one attached hydrogen (secondary N) is 2. The second-order valence-corrected chi connectivity index (χ2v) is 7.75. The maximum absolute atomic E-state index is 12.7. The maximum atomic E-state index is 12.7. The first kappa shape index (κ1) is 22.2. The van der Waals surface area contributed by atoms with E-state index in [1.807, 2.05) is 20.8 Å². The first-order chi connectivity index (χ1) is 13.1. The zero-order valence-corrected chi connectivity index (χ0v) is 17.5. The highest BCUT2D eigenvalue weighted by atomic mass is 35.5. The lowest BCUT2D eigenvalue weighted by molar-refractivity contribution is -0.0504. The van der Waals surface area contributed by atoms with Crippen LogP contribution in [0.2, 0.25) is 10.0 Å². The zero-order valence-electron chi connectivity index (χ0n) is 15.9. The van der Waals surface area contributed by atoms with Crippen LogP contribution in [0.4, 0.5) is 8.78 Å². The Kier molecular flexibility index (Phi) is 7.48. The van der Waals surface area contributed by atoms with Crippen molar-refractivity contribution in [1.82, 2.24) is 15.6 Å². The van der Waals surface area contributed by atoms with Crippen LogP contribution >= 0.6 is 23.2 Å². The lowest BCUT2D eigenvalue weighted by Gasteiger charge is -2.16. The molecule has 0 radical (unpaired) electrons. The topological polar surface area (TPSA) is 71.7 Å². The molecule has 0 saturated heterocycles. The normalized spacial score (nSPS) is 12.4. The summed E-state index contributed by atoms with van der Waals surface area (Å²) in [5.41, 5.74) is 0.227. The third-order valence-electron chi connectivity index (χ3n) is 3.66. The van der Waals surface area contributed by atoms with Gasteiger partial charge in [-0.05, 0) is 12.1 Å². The summed E-state index contributed by atoms with van der Waals surface area (Å²) in [6, 6.07) is 2.84. The Bertz CT molecular complexity index is 835. The van der Waals surface area contributed by atoms with Gasteiger partial charge in [-0.25, -0.2) is 4.98 Å². The number of hydrogen-bond acceptors (Lipinski definition) is 4. The van der Waals surface area contributed by atoms with E-state index in [4.69, 9.17) is 27.6 Å². The molecule has 1 aromatic heterocycles. The van der Waals surface area contributed by atoms with Gasteiger partial charge in [0.15, 0.2) is 5.96 Å². The molecule has 0 amide bonds. The standard InChI is InChI=1S/C18H22Cl2F2N4O2/c1-18(2,3)13-8-24-14(27-13)9-26-17(23-4)25-7-10-5-11(19)6-12(20)15(10)28-16(21)22/h5-6,8,16H,7,9H2,1-4H3,(H2,23,25,26). The second-order valence-electron chi connectivity index (χ2n) is 6.90. The van der Waals surface area contributed by atoms with Crippen LogP contribution in [-0.4, -0.2) is 24.6 Å². The Balaban J connectivity index is 2.02. The van der Waals surface area contributed by atoms with E-state index in [0.717, 1.165) is 5.76 Å². The molecule has 2 N–H and O–H groups in total. The fraction of sp³-hybridized carbons (Fsp3) is 0.444. The van der Waals surface area contributed by atoms with Crippen molar-refractivity contribution in [3.05, 3.63) is 45.6 Å². The number of benzene rings is 1. The molecule has 0 unspecified atom stereocenters. The number of aromatic nitrogens is 1. The Hall–Kier alpha value is -2.06. The molecule has 1 aromatic carbocycles. The Morgan fingerprint density at radius 1 is 1.25 bits per heavy atom. The van der Waals surface area contributed by atoms with Crippen molar-refractivity contribution < 1.29 is 17.9 Å². The fourth-order valence-corrected chi connectivity index (χ4v) is 2.84. The predicted octanol–water partition coefficient (Wildman–Crippen LogP) is 4.75. The van der Waals surface area contributed by atoms with Gasteiger partial charge in [-0.1, -0.05) is 44.0 Å². The molecule has 0 aliphatic carbocycles. The van der Waals surface area contributed by atoms with Crippen molar-refractivity contribution >= 4 is 29.2 Å². The molecular weight excluding hydrogens is 413 g/mol. The average molecular weight is 435 g/mol. The molecule has 0 atom stereocenters. The van der Waals surface area contributed by atoms with Gasteiger partial charge < -0.3 is 19.8 Å². The summed E-state index contributed by atoms with van der Waals surface area (Å²) in [6.45, 7) is 3.49. The summed E-state index contributed by atoms with van der Waals surface area (Å²) in [7, 11) is 1.58. The van der Waals surface area contributed by atoms with Gasteiger partial charge in [0.05, 0.1) is 17.8 Å². The summed E-state index contributed by atoms with van der Waals surface area (Å²) in [5, 5.41) is 6.33. The summed E-state index contributed by atoms with van der Waals surface area (Å²) in [6.07, 6.45) is 1.69. The van der Waals surface area contributed by atoms with Crippen LogP contribution in [-0.2, 0) is 18.5 Å². The molecule has 0 spiro atoms. The number of guanidine groups is 1. The smallest absolute Gasteiger partial charge is 0.387 e. The summed E-state index contributed by atoms with van der Waals surface area (Å²) in [4.78, 5) is 8.31. The number of halogens is 4. The monoisotopic (exact) mass is 434 g/mol. The van der Waals surface area contributed by atoms with Crippen LogP contribution in [0.25, 0.3) is 0 Å². The quantitative estimate of drug-likeness (QED) is 0.507. The molecule has 28 heavy (non-hydrogen) atoms. The summed E-state index contributed by atoms with van der Waals surface area (Å²) in [5.74, 6) is 1.55. The van der Waals surface area contributed by atoms with Gasteiger partial charge in [-0.15, -0.1) is 0 Å². The lowest BCUT2D eigenvalue weighted by Crippen LogP contribution is -2.36. The van der Waals surface area contributed by atoms with E-state index in [0.29, 0.717) is 29.0 Å². The van der Waals surface area contributed by atoms with E-state index in [2.05, 4.69) is 25.3 Å². The van der Waals surface area contributed by atoms with Gasteiger partial charge in [-0.2, -0.15) is 8.78 Å². The molecule has 2 aromatic rings. The van der Waals surface area contributed by atoms with Crippen molar-refractivity contribution in [2.45, 2.75) is 45.9 Å².